The number of rotatable bonds is 2. The first-order valence-electron chi connectivity index (χ1n) is 4.05. The Bertz CT molecular complexity index is 384. The molecule has 0 saturated carbocycles. The molecule has 0 aliphatic rings. The van der Waals surface area contributed by atoms with Crippen molar-refractivity contribution in [1.29, 1.82) is 5.26 Å². The molecule has 3 nitrogen and oxygen atoms in total. The molecule has 1 N–H and O–H groups in total. The molecular weight excluding hydrogens is 244 g/mol. The van der Waals surface area contributed by atoms with Crippen LogP contribution in [-0.4, -0.2) is 5.91 Å². The van der Waals surface area contributed by atoms with Gasteiger partial charge in [-0.2, -0.15) is 5.26 Å². The van der Waals surface area contributed by atoms with Gasteiger partial charge in [0.2, 0.25) is 5.91 Å². The summed E-state index contributed by atoms with van der Waals surface area (Å²) in [6, 6.07) is 8.75. The summed E-state index contributed by atoms with van der Waals surface area (Å²) in [6.45, 7) is 1.39. The van der Waals surface area contributed by atoms with Gasteiger partial charge in [0.25, 0.3) is 0 Å². The van der Waals surface area contributed by atoms with Crippen LogP contribution in [0.5, 0.6) is 0 Å². The van der Waals surface area contributed by atoms with Gasteiger partial charge in [0.05, 0.1) is 6.07 Å². The van der Waals surface area contributed by atoms with Crippen molar-refractivity contribution in [3.05, 3.63) is 34.3 Å². The van der Waals surface area contributed by atoms with Crippen LogP contribution < -0.4 is 5.32 Å². The summed E-state index contributed by atoms with van der Waals surface area (Å²) in [7, 11) is 0. The average Bonchev–Trinajstić information content (AvgIpc) is 2.14. The van der Waals surface area contributed by atoms with Gasteiger partial charge in [-0.05, 0) is 17.7 Å². The molecule has 0 aromatic heterocycles. The standard InChI is InChI=1S/C10H9BrN2O/c1-7(14)13-10(6-12)8-3-2-4-9(11)5-8/h2-5,10H,1H3,(H,13,14). The fourth-order valence-corrected chi connectivity index (χ4v) is 1.50. The largest absolute Gasteiger partial charge is 0.337 e. The van der Waals surface area contributed by atoms with Gasteiger partial charge >= 0.3 is 0 Å². The summed E-state index contributed by atoms with van der Waals surface area (Å²) in [4.78, 5) is 10.8. The highest BCUT2D eigenvalue weighted by atomic mass is 79.9. The maximum atomic E-state index is 10.8. The molecule has 0 bridgehead atoms. The average molecular weight is 253 g/mol. The predicted octanol–water partition coefficient (Wildman–Crippen LogP) is 2.15. The number of carbonyl (C=O) groups excluding carboxylic acids is 1. The van der Waals surface area contributed by atoms with Gasteiger partial charge < -0.3 is 5.32 Å². The highest BCUT2D eigenvalue weighted by Gasteiger charge is 2.10. The van der Waals surface area contributed by atoms with E-state index >= 15 is 0 Å². The monoisotopic (exact) mass is 252 g/mol. The van der Waals surface area contributed by atoms with E-state index in [1.54, 1.807) is 6.07 Å². The van der Waals surface area contributed by atoms with Crippen molar-refractivity contribution in [2.24, 2.45) is 0 Å². The van der Waals surface area contributed by atoms with E-state index in [-0.39, 0.29) is 5.91 Å². The Morgan fingerprint density at radius 3 is 2.86 bits per heavy atom. The summed E-state index contributed by atoms with van der Waals surface area (Å²) >= 11 is 3.30. The lowest BCUT2D eigenvalue weighted by atomic mass is 10.1. The van der Waals surface area contributed by atoms with Crippen LogP contribution in [-0.2, 0) is 4.79 Å². The molecule has 1 atom stereocenters. The van der Waals surface area contributed by atoms with E-state index in [1.165, 1.54) is 6.92 Å². The molecule has 14 heavy (non-hydrogen) atoms. The number of amides is 1. The zero-order valence-corrected chi connectivity index (χ0v) is 9.21. The first-order valence-corrected chi connectivity index (χ1v) is 4.85. The minimum Gasteiger partial charge on any atom is -0.337 e. The molecule has 1 amide bonds. The zero-order valence-electron chi connectivity index (χ0n) is 7.62. The summed E-state index contributed by atoms with van der Waals surface area (Å²) in [6.07, 6.45) is 0. The van der Waals surface area contributed by atoms with Crippen LogP contribution in [0.4, 0.5) is 0 Å². The molecule has 0 heterocycles. The van der Waals surface area contributed by atoms with E-state index in [4.69, 9.17) is 5.26 Å². The molecule has 1 unspecified atom stereocenters. The summed E-state index contributed by atoms with van der Waals surface area (Å²) in [5.41, 5.74) is 0.775. The molecule has 1 aromatic carbocycles. The smallest absolute Gasteiger partial charge is 0.218 e. The topological polar surface area (TPSA) is 52.9 Å². The van der Waals surface area contributed by atoms with Crippen LogP contribution in [0.2, 0.25) is 0 Å². The number of hydrogen-bond acceptors (Lipinski definition) is 2. The van der Waals surface area contributed by atoms with Gasteiger partial charge in [0.15, 0.2) is 0 Å². The van der Waals surface area contributed by atoms with Gasteiger partial charge in [-0.1, -0.05) is 28.1 Å². The number of nitrogens with one attached hydrogen (secondary N) is 1. The predicted molar refractivity (Wildman–Crippen MR) is 56.3 cm³/mol. The second kappa shape index (κ2) is 4.77. The van der Waals surface area contributed by atoms with Gasteiger partial charge in [-0.15, -0.1) is 0 Å². The Balaban J connectivity index is 2.90. The fraction of sp³-hybridized carbons (Fsp3) is 0.200. The molecule has 0 fully saturated rings. The van der Waals surface area contributed by atoms with Crippen molar-refractivity contribution in [3.8, 4) is 6.07 Å². The number of hydrogen-bond donors (Lipinski definition) is 1. The molecule has 1 rings (SSSR count). The lowest BCUT2D eigenvalue weighted by molar-refractivity contribution is -0.119. The Hall–Kier alpha value is -1.34. The van der Waals surface area contributed by atoms with Gasteiger partial charge in [0, 0.05) is 11.4 Å². The van der Waals surface area contributed by atoms with Gasteiger partial charge in [-0.25, -0.2) is 0 Å². The summed E-state index contributed by atoms with van der Waals surface area (Å²) < 4.78 is 0.889. The molecule has 1 aromatic rings. The number of benzene rings is 1. The van der Waals surface area contributed by atoms with Crippen molar-refractivity contribution in [2.45, 2.75) is 13.0 Å². The quantitative estimate of drug-likeness (QED) is 0.877. The number of nitrogens with zero attached hydrogens (tertiary/aromatic N) is 1. The Morgan fingerprint density at radius 1 is 1.64 bits per heavy atom. The maximum Gasteiger partial charge on any atom is 0.218 e. The van der Waals surface area contributed by atoms with Crippen LogP contribution in [0.15, 0.2) is 28.7 Å². The fourth-order valence-electron chi connectivity index (χ4n) is 1.08. The maximum absolute atomic E-state index is 10.8. The molecule has 0 aliphatic heterocycles. The van der Waals surface area contributed by atoms with E-state index in [1.807, 2.05) is 24.3 Å². The SMILES string of the molecule is CC(=O)NC(C#N)c1cccc(Br)c1. The second-order valence-electron chi connectivity index (χ2n) is 2.82. The third-order valence-corrected chi connectivity index (χ3v) is 2.15. The van der Waals surface area contributed by atoms with Crippen LogP contribution >= 0.6 is 15.9 Å². The summed E-state index contributed by atoms with van der Waals surface area (Å²) in [5.74, 6) is -0.212. The number of halogens is 1. The third kappa shape index (κ3) is 2.86. The normalized spacial score (nSPS) is 11.5. The number of nitriles is 1. The van der Waals surface area contributed by atoms with E-state index in [0.29, 0.717) is 0 Å². The van der Waals surface area contributed by atoms with Crippen molar-refractivity contribution >= 4 is 21.8 Å². The van der Waals surface area contributed by atoms with Crippen molar-refractivity contribution in [3.63, 3.8) is 0 Å². The summed E-state index contributed by atoms with van der Waals surface area (Å²) in [5, 5.41) is 11.4. The van der Waals surface area contributed by atoms with Gasteiger partial charge in [0.1, 0.15) is 6.04 Å². The van der Waals surface area contributed by atoms with Crippen LogP contribution in [0.25, 0.3) is 0 Å². The molecule has 0 aliphatic carbocycles. The van der Waals surface area contributed by atoms with Crippen molar-refractivity contribution in [1.82, 2.24) is 5.32 Å². The van der Waals surface area contributed by atoms with Gasteiger partial charge in [-0.3, -0.25) is 4.79 Å². The van der Waals surface area contributed by atoms with Crippen LogP contribution in [0, 0.1) is 11.3 Å². The highest BCUT2D eigenvalue weighted by molar-refractivity contribution is 9.10. The first kappa shape index (κ1) is 10.7. The van der Waals surface area contributed by atoms with E-state index < -0.39 is 6.04 Å². The first-order chi connectivity index (χ1) is 6.63. The Morgan fingerprint density at radius 2 is 2.36 bits per heavy atom. The van der Waals surface area contributed by atoms with Crippen LogP contribution in [0.1, 0.15) is 18.5 Å². The van der Waals surface area contributed by atoms with Crippen LogP contribution in [0.3, 0.4) is 0 Å². The third-order valence-electron chi connectivity index (χ3n) is 1.66. The zero-order chi connectivity index (χ0) is 10.6. The minimum atomic E-state index is -0.579. The van der Waals surface area contributed by atoms with Crippen molar-refractivity contribution < 1.29 is 4.79 Å². The Kier molecular flexibility index (Phi) is 3.66. The molecule has 0 saturated heterocycles. The second-order valence-corrected chi connectivity index (χ2v) is 3.73. The lowest BCUT2D eigenvalue weighted by Crippen LogP contribution is -2.24. The van der Waals surface area contributed by atoms with Crippen molar-refractivity contribution in [2.75, 3.05) is 0 Å². The molecule has 4 heteroatoms. The van der Waals surface area contributed by atoms with E-state index in [0.717, 1.165) is 10.0 Å². The molecule has 72 valence electrons. The van der Waals surface area contributed by atoms with E-state index in [9.17, 15) is 4.79 Å². The minimum absolute atomic E-state index is 0.212. The molecule has 0 spiro atoms. The molecule has 0 radical (unpaired) electrons. The molecular formula is C10H9BrN2O. The Labute approximate surface area is 90.9 Å². The number of carbonyl (C=O) groups is 1. The lowest BCUT2D eigenvalue weighted by Gasteiger charge is -2.09. The highest BCUT2D eigenvalue weighted by Crippen LogP contribution is 2.17. The van der Waals surface area contributed by atoms with E-state index in [2.05, 4.69) is 21.2 Å².